The zero-order valence-electron chi connectivity index (χ0n) is 10.1. The van der Waals surface area contributed by atoms with E-state index >= 15 is 0 Å². The van der Waals surface area contributed by atoms with Gasteiger partial charge in [0.1, 0.15) is 5.75 Å². The Bertz CT molecular complexity index is 431. The van der Waals surface area contributed by atoms with Gasteiger partial charge in [-0.3, -0.25) is 0 Å². The highest BCUT2D eigenvalue weighted by Crippen LogP contribution is 2.49. The Morgan fingerprint density at radius 2 is 2.24 bits per heavy atom. The van der Waals surface area contributed by atoms with Gasteiger partial charge < -0.3 is 15.2 Å². The van der Waals surface area contributed by atoms with Gasteiger partial charge >= 0.3 is 5.97 Å². The van der Waals surface area contributed by atoms with Crippen molar-refractivity contribution in [3.63, 3.8) is 0 Å². The quantitative estimate of drug-likeness (QED) is 0.804. The van der Waals surface area contributed by atoms with E-state index in [1.165, 1.54) is 7.11 Å². The Labute approximate surface area is 101 Å². The maximum Gasteiger partial charge on any atom is 0.337 e. The lowest BCUT2D eigenvalue weighted by atomic mass is 10.0. The Balaban J connectivity index is 2.31. The van der Waals surface area contributed by atoms with Crippen molar-refractivity contribution in [3.05, 3.63) is 29.3 Å². The molecule has 0 amide bonds. The molecule has 92 valence electrons. The zero-order valence-corrected chi connectivity index (χ0v) is 10.1. The molecule has 2 N–H and O–H groups in total. The highest BCUT2D eigenvalue weighted by atomic mass is 16.5. The molecule has 0 bridgehead atoms. The third kappa shape index (κ3) is 2.26. The van der Waals surface area contributed by atoms with E-state index in [1.54, 1.807) is 13.2 Å². The second-order valence-corrected chi connectivity index (χ2v) is 4.29. The standard InChI is InChI=1S/C13H17NO3/c1-16-12-4-3-8(13(15)17-2)5-11(12)10-6-9(10)7-14/h3-5,9-10H,6-7,14H2,1-2H3. The Hall–Kier alpha value is -1.55. The van der Waals surface area contributed by atoms with Crippen LogP contribution in [0.2, 0.25) is 0 Å². The Morgan fingerprint density at radius 1 is 1.47 bits per heavy atom. The minimum Gasteiger partial charge on any atom is -0.496 e. The van der Waals surface area contributed by atoms with Gasteiger partial charge in [-0.1, -0.05) is 0 Å². The molecule has 2 unspecified atom stereocenters. The molecule has 17 heavy (non-hydrogen) atoms. The van der Waals surface area contributed by atoms with Crippen molar-refractivity contribution in [1.29, 1.82) is 0 Å². The number of hydrogen-bond acceptors (Lipinski definition) is 4. The van der Waals surface area contributed by atoms with E-state index in [0.717, 1.165) is 17.7 Å². The molecule has 2 atom stereocenters. The Kier molecular flexibility index (Phi) is 3.33. The van der Waals surface area contributed by atoms with Crippen LogP contribution in [0.3, 0.4) is 0 Å². The number of carbonyl (C=O) groups excluding carboxylic acids is 1. The summed E-state index contributed by atoms with van der Waals surface area (Å²) in [5, 5.41) is 0. The van der Waals surface area contributed by atoms with Crippen LogP contribution in [0.25, 0.3) is 0 Å². The van der Waals surface area contributed by atoms with Gasteiger partial charge in [0, 0.05) is 0 Å². The summed E-state index contributed by atoms with van der Waals surface area (Å²) in [6.45, 7) is 0.677. The summed E-state index contributed by atoms with van der Waals surface area (Å²) in [7, 11) is 3.02. The van der Waals surface area contributed by atoms with E-state index in [4.69, 9.17) is 15.2 Å². The van der Waals surface area contributed by atoms with Crippen LogP contribution in [-0.4, -0.2) is 26.7 Å². The van der Waals surface area contributed by atoms with Crippen molar-refractivity contribution < 1.29 is 14.3 Å². The van der Waals surface area contributed by atoms with Crippen LogP contribution in [0.4, 0.5) is 0 Å². The predicted molar refractivity (Wildman–Crippen MR) is 64.2 cm³/mol. The average molecular weight is 235 g/mol. The third-order valence-electron chi connectivity index (χ3n) is 3.28. The number of benzene rings is 1. The van der Waals surface area contributed by atoms with Crippen molar-refractivity contribution in [3.8, 4) is 5.75 Å². The lowest BCUT2D eigenvalue weighted by Crippen LogP contribution is -2.05. The predicted octanol–water partition coefficient (Wildman–Crippen LogP) is 1.54. The number of carbonyl (C=O) groups is 1. The molecule has 1 aliphatic carbocycles. The first kappa shape index (κ1) is 11.9. The van der Waals surface area contributed by atoms with Crippen molar-refractivity contribution in [1.82, 2.24) is 0 Å². The SMILES string of the molecule is COC(=O)c1ccc(OC)c(C2CC2CN)c1. The second-order valence-electron chi connectivity index (χ2n) is 4.29. The number of hydrogen-bond donors (Lipinski definition) is 1. The maximum atomic E-state index is 11.5. The fourth-order valence-corrected chi connectivity index (χ4v) is 2.16. The molecule has 0 saturated heterocycles. The van der Waals surface area contributed by atoms with E-state index < -0.39 is 0 Å². The summed E-state index contributed by atoms with van der Waals surface area (Å²) in [6.07, 6.45) is 1.07. The highest BCUT2D eigenvalue weighted by molar-refractivity contribution is 5.89. The van der Waals surface area contributed by atoms with Crippen molar-refractivity contribution >= 4 is 5.97 Å². The van der Waals surface area contributed by atoms with E-state index in [9.17, 15) is 4.79 Å². The van der Waals surface area contributed by atoms with E-state index in [2.05, 4.69) is 0 Å². The summed E-state index contributed by atoms with van der Waals surface area (Å²) in [5.41, 5.74) is 7.27. The molecule has 0 aliphatic heterocycles. The minimum absolute atomic E-state index is 0.321. The van der Waals surface area contributed by atoms with Gasteiger partial charge in [-0.05, 0) is 48.6 Å². The van der Waals surface area contributed by atoms with E-state index in [0.29, 0.717) is 23.9 Å². The lowest BCUT2D eigenvalue weighted by Gasteiger charge is -2.09. The second kappa shape index (κ2) is 4.75. The highest BCUT2D eigenvalue weighted by Gasteiger charge is 2.39. The van der Waals surface area contributed by atoms with Gasteiger partial charge in [-0.2, -0.15) is 0 Å². The molecule has 0 spiro atoms. The van der Waals surface area contributed by atoms with Crippen LogP contribution in [-0.2, 0) is 4.74 Å². The Morgan fingerprint density at radius 3 is 2.76 bits per heavy atom. The van der Waals surface area contributed by atoms with Crippen molar-refractivity contribution in [2.24, 2.45) is 11.7 Å². The monoisotopic (exact) mass is 235 g/mol. The molecule has 0 heterocycles. The molecule has 2 rings (SSSR count). The van der Waals surface area contributed by atoms with Crippen molar-refractivity contribution in [2.75, 3.05) is 20.8 Å². The van der Waals surface area contributed by atoms with Crippen LogP contribution >= 0.6 is 0 Å². The molecule has 0 radical (unpaired) electrons. The normalized spacial score (nSPS) is 22.1. The van der Waals surface area contributed by atoms with Crippen LogP contribution < -0.4 is 10.5 Å². The number of nitrogens with two attached hydrogens (primary N) is 1. The van der Waals surface area contributed by atoms with E-state index in [1.807, 2.05) is 12.1 Å². The van der Waals surface area contributed by atoms with E-state index in [-0.39, 0.29) is 5.97 Å². The number of esters is 1. The first-order valence-electron chi connectivity index (χ1n) is 5.67. The summed E-state index contributed by atoms with van der Waals surface area (Å²) in [5.74, 6) is 1.42. The zero-order chi connectivity index (χ0) is 12.4. The van der Waals surface area contributed by atoms with Crippen LogP contribution in [0.15, 0.2) is 18.2 Å². The molecule has 1 fully saturated rings. The maximum absolute atomic E-state index is 11.5. The first-order chi connectivity index (χ1) is 8.21. The van der Waals surface area contributed by atoms with Crippen LogP contribution in [0.1, 0.15) is 28.3 Å². The molecule has 4 heteroatoms. The lowest BCUT2D eigenvalue weighted by molar-refractivity contribution is 0.0600. The van der Waals surface area contributed by atoms with Gasteiger partial charge in [0.2, 0.25) is 0 Å². The minimum atomic E-state index is -0.321. The molecule has 1 saturated carbocycles. The first-order valence-corrected chi connectivity index (χ1v) is 5.67. The van der Waals surface area contributed by atoms with Gasteiger partial charge in [-0.25, -0.2) is 4.79 Å². The number of ether oxygens (including phenoxy) is 2. The number of methoxy groups -OCH3 is 2. The number of rotatable bonds is 4. The fourth-order valence-electron chi connectivity index (χ4n) is 2.16. The van der Waals surface area contributed by atoms with Crippen molar-refractivity contribution in [2.45, 2.75) is 12.3 Å². The largest absolute Gasteiger partial charge is 0.496 e. The van der Waals surface area contributed by atoms with Gasteiger partial charge in [0.05, 0.1) is 19.8 Å². The third-order valence-corrected chi connectivity index (χ3v) is 3.28. The summed E-state index contributed by atoms with van der Waals surface area (Å²) in [4.78, 5) is 11.5. The molecule has 1 aromatic rings. The van der Waals surface area contributed by atoms with Gasteiger partial charge in [-0.15, -0.1) is 0 Å². The van der Waals surface area contributed by atoms with Gasteiger partial charge in [0.25, 0.3) is 0 Å². The molecule has 1 aliphatic rings. The molecule has 0 aromatic heterocycles. The smallest absolute Gasteiger partial charge is 0.337 e. The molecular formula is C13H17NO3. The topological polar surface area (TPSA) is 61.5 Å². The molecule has 1 aromatic carbocycles. The fraction of sp³-hybridized carbons (Fsp3) is 0.462. The van der Waals surface area contributed by atoms with Gasteiger partial charge in [0.15, 0.2) is 0 Å². The van der Waals surface area contributed by atoms with Crippen LogP contribution in [0, 0.1) is 5.92 Å². The summed E-state index contributed by atoms with van der Waals surface area (Å²) < 4.78 is 10.0. The molecule has 4 nitrogen and oxygen atoms in total. The average Bonchev–Trinajstić information content (AvgIpc) is 3.16. The van der Waals surface area contributed by atoms with Crippen LogP contribution in [0.5, 0.6) is 5.75 Å². The molecular weight excluding hydrogens is 218 g/mol. The summed E-state index contributed by atoms with van der Waals surface area (Å²) >= 11 is 0. The summed E-state index contributed by atoms with van der Waals surface area (Å²) in [6, 6.07) is 5.38.